The summed E-state index contributed by atoms with van der Waals surface area (Å²) in [5.74, 6) is -3.12. The first-order valence-electron chi connectivity index (χ1n) is 7.55. The van der Waals surface area contributed by atoms with Crippen LogP contribution in [0.4, 0.5) is 18.4 Å². The molecule has 1 rings (SSSR count). The molecule has 0 aliphatic carbocycles. The fourth-order valence-electron chi connectivity index (χ4n) is 2.00. The van der Waals surface area contributed by atoms with Crippen molar-refractivity contribution in [2.24, 2.45) is 0 Å². The summed E-state index contributed by atoms with van der Waals surface area (Å²) < 4.78 is 38.1. The molecule has 0 unspecified atom stereocenters. The Labute approximate surface area is 135 Å². The van der Waals surface area contributed by atoms with Crippen molar-refractivity contribution in [3.05, 3.63) is 0 Å². The Hall–Kier alpha value is -1.60. The fraction of sp³-hybridized carbons (Fsp3) is 0.867. The highest BCUT2D eigenvalue weighted by Gasteiger charge is 2.47. The Morgan fingerprint density at radius 1 is 1.09 bits per heavy atom. The number of alkyl halides is 2. The highest BCUT2D eigenvalue weighted by atomic mass is 19.3. The minimum atomic E-state index is -3.12. The number of piperidine rings is 1. The summed E-state index contributed by atoms with van der Waals surface area (Å²) in [5.41, 5.74) is -1.51. The van der Waals surface area contributed by atoms with E-state index in [1.54, 1.807) is 41.5 Å². The summed E-state index contributed by atoms with van der Waals surface area (Å²) in [6.07, 6.45) is -2.16. The van der Waals surface area contributed by atoms with Gasteiger partial charge in [0.2, 0.25) is 0 Å². The monoisotopic (exact) mass is 336 g/mol. The SMILES string of the molecule is CC(C)(C)OC(=O)N[C@H]1CN(C(=O)OC(C)(C)C)CCC1(F)F. The number of halogens is 2. The van der Waals surface area contributed by atoms with E-state index in [0.29, 0.717) is 0 Å². The van der Waals surface area contributed by atoms with Crippen LogP contribution in [-0.4, -0.2) is 53.3 Å². The van der Waals surface area contributed by atoms with Crippen LogP contribution in [0.2, 0.25) is 0 Å². The van der Waals surface area contributed by atoms with E-state index in [0.717, 1.165) is 0 Å². The maximum absolute atomic E-state index is 14.0. The lowest BCUT2D eigenvalue weighted by atomic mass is 10.0. The van der Waals surface area contributed by atoms with Crippen LogP contribution in [0.5, 0.6) is 0 Å². The number of hydrogen-bond acceptors (Lipinski definition) is 4. The second-order valence-electron chi connectivity index (χ2n) is 7.64. The number of rotatable bonds is 1. The lowest BCUT2D eigenvalue weighted by Gasteiger charge is -2.39. The summed E-state index contributed by atoms with van der Waals surface area (Å²) in [4.78, 5) is 24.9. The Balaban J connectivity index is 2.72. The van der Waals surface area contributed by atoms with Gasteiger partial charge in [-0.25, -0.2) is 18.4 Å². The summed E-state index contributed by atoms with van der Waals surface area (Å²) in [7, 11) is 0. The number of carbonyl (C=O) groups is 2. The van der Waals surface area contributed by atoms with Crippen LogP contribution >= 0.6 is 0 Å². The molecule has 0 aromatic carbocycles. The number of hydrogen-bond donors (Lipinski definition) is 1. The first-order valence-corrected chi connectivity index (χ1v) is 7.55. The smallest absolute Gasteiger partial charge is 0.410 e. The van der Waals surface area contributed by atoms with E-state index in [4.69, 9.17) is 9.47 Å². The quantitative estimate of drug-likeness (QED) is 0.799. The molecule has 0 radical (unpaired) electrons. The number of likely N-dealkylation sites (tertiary alicyclic amines) is 1. The molecule has 1 aliphatic heterocycles. The number of carbonyl (C=O) groups excluding carboxylic acids is 2. The highest BCUT2D eigenvalue weighted by molar-refractivity contribution is 5.70. The lowest BCUT2D eigenvalue weighted by molar-refractivity contribution is -0.0852. The van der Waals surface area contributed by atoms with E-state index in [1.165, 1.54) is 4.90 Å². The molecule has 134 valence electrons. The Kier molecular flexibility index (Phi) is 5.49. The fourth-order valence-corrected chi connectivity index (χ4v) is 2.00. The molecule has 8 heteroatoms. The van der Waals surface area contributed by atoms with Gasteiger partial charge in [-0.15, -0.1) is 0 Å². The van der Waals surface area contributed by atoms with Crippen LogP contribution in [-0.2, 0) is 9.47 Å². The summed E-state index contributed by atoms with van der Waals surface area (Å²) in [6.45, 7) is 9.53. The van der Waals surface area contributed by atoms with Gasteiger partial charge in [0.05, 0.1) is 6.54 Å². The van der Waals surface area contributed by atoms with Gasteiger partial charge in [0, 0.05) is 13.0 Å². The maximum Gasteiger partial charge on any atom is 0.410 e. The molecule has 0 spiro atoms. The largest absolute Gasteiger partial charge is 0.444 e. The second kappa shape index (κ2) is 6.49. The van der Waals surface area contributed by atoms with Crippen LogP contribution in [0.15, 0.2) is 0 Å². The topological polar surface area (TPSA) is 67.9 Å². The number of amides is 2. The molecular weight excluding hydrogens is 310 g/mol. The molecule has 1 N–H and O–H groups in total. The molecule has 1 atom stereocenters. The number of nitrogens with one attached hydrogen (secondary N) is 1. The van der Waals surface area contributed by atoms with Gasteiger partial charge in [-0.2, -0.15) is 0 Å². The minimum Gasteiger partial charge on any atom is -0.444 e. The van der Waals surface area contributed by atoms with E-state index < -0.39 is 41.8 Å². The third-order valence-corrected chi connectivity index (χ3v) is 2.97. The summed E-state index contributed by atoms with van der Waals surface area (Å²) >= 11 is 0. The van der Waals surface area contributed by atoms with Gasteiger partial charge in [-0.05, 0) is 41.5 Å². The molecule has 0 aromatic rings. The molecule has 0 saturated carbocycles. The predicted octanol–water partition coefficient (Wildman–Crippen LogP) is 3.16. The average molecular weight is 336 g/mol. The van der Waals surface area contributed by atoms with Crippen molar-refractivity contribution in [1.82, 2.24) is 10.2 Å². The standard InChI is InChI=1S/C15H26F2N2O4/c1-13(2,3)22-11(20)18-10-9-19(8-7-15(10,16)17)12(21)23-14(4,5)6/h10H,7-9H2,1-6H3,(H,18,20)/t10-/m0/s1. The van der Waals surface area contributed by atoms with Gasteiger partial charge in [-0.1, -0.05) is 0 Å². The summed E-state index contributed by atoms with van der Waals surface area (Å²) in [5, 5.41) is 2.15. The zero-order chi connectivity index (χ0) is 18.1. The van der Waals surface area contributed by atoms with Crippen LogP contribution < -0.4 is 5.32 Å². The third kappa shape index (κ3) is 6.58. The zero-order valence-corrected chi connectivity index (χ0v) is 14.5. The van der Waals surface area contributed by atoms with Crippen LogP contribution in [0.25, 0.3) is 0 Å². The number of nitrogens with zero attached hydrogens (tertiary/aromatic N) is 1. The Morgan fingerprint density at radius 3 is 2.09 bits per heavy atom. The molecule has 0 aromatic heterocycles. The highest BCUT2D eigenvalue weighted by Crippen LogP contribution is 2.29. The van der Waals surface area contributed by atoms with Crippen molar-refractivity contribution in [1.29, 1.82) is 0 Å². The number of alkyl carbamates (subject to hydrolysis) is 1. The van der Waals surface area contributed by atoms with Gasteiger partial charge in [0.15, 0.2) is 0 Å². The van der Waals surface area contributed by atoms with E-state index >= 15 is 0 Å². The van der Waals surface area contributed by atoms with Crippen molar-refractivity contribution in [2.45, 2.75) is 71.1 Å². The molecule has 1 fully saturated rings. The molecule has 1 heterocycles. The molecule has 23 heavy (non-hydrogen) atoms. The van der Waals surface area contributed by atoms with Crippen LogP contribution in [0.1, 0.15) is 48.0 Å². The molecular formula is C15H26F2N2O4. The first-order chi connectivity index (χ1) is 10.2. The van der Waals surface area contributed by atoms with Gasteiger partial charge in [-0.3, -0.25) is 0 Å². The van der Waals surface area contributed by atoms with E-state index in [9.17, 15) is 18.4 Å². The Bertz CT molecular complexity index is 455. The van der Waals surface area contributed by atoms with Crippen LogP contribution in [0, 0.1) is 0 Å². The van der Waals surface area contributed by atoms with E-state index in [2.05, 4.69) is 5.32 Å². The minimum absolute atomic E-state index is 0.131. The van der Waals surface area contributed by atoms with Crippen molar-refractivity contribution < 1.29 is 27.8 Å². The van der Waals surface area contributed by atoms with Crippen molar-refractivity contribution in [3.63, 3.8) is 0 Å². The van der Waals surface area contributed by atoms with Gasteiger partial charge in [0.1, 0.15) is 17.2 Å². The van der Waals surface area contributed by atoms with Crippen molar-refractivity contribution in [3.8, 4) is 0 Å². The molecule has 1 aliphatic rings. The second-order valence-corrected chi connectivity index (χ2v) is 7.64. The van der Waals surface area contributed by atoms with Gasteiger partial charge >= 0.3 is 12.2 Å². The predicted molar refractivity (Wildman–Crippen MR) is 80.5 cm³/mol. The average Bonchev–Trinajstić information content (AvgIpc) is 2.26. The zero-order valence-electron chi connectivity index (χ0n) is 14.5. The van der Waals surface area contributed by atoms with Gasteiger partial charge < -0.3 is 19.7 Å². The molecule has 6 nitrogen and oxygen atoms in total. The van der Waals surface area contributed by atoms with E-state index in [-0.39, 0.29) is 13.1 Å². The first kappa shape index (κ1) is 19.4. The third-order valence-electron chi connectivity index (χ3n) is 2.97. The van der Waals surface area contributed by atoms with Crippen molar-refractivity contribution >= 4 is 12.2 Å². The number of ether oxygens (including phenoxy) is 2. The summed E-state index contributed by atoms with van der Waals surface area (Å²) in [6, 6.07) is -1.52. The van der Waals surface area contributed by atoms with Gasteiger partial charge in [0.25, 0.3) is 5.92 Å². The molecule has 1 saturated heterocycles. The molecule has 2 amide bonds. The molecule has 0 bridgehead atoms. The van der Waals surface area contributed by atoms with Crippen molar-refractivity contribution in [2.75, 3.05) is 13.1 Å². The van der Waals surface area contributed by atoms with Crippen LogP contribution in [0.3, 0.4) is 0 Å². The maximum atomic E-state index is 14.0. The lowest BCUT2D eigenvalue weighted by Crippen LogP contribution is -2.60. The normalized spacial score (nSPS) is 21.6. The van der Waals surface area contributed by atoms with E-state index in [1.807, 2.05) is 0 Å². The Morgan fingerprint density at radius 2 is 1.61 bits per heavy atom.